The molecule has 31 heavy (non-hydrogen) atoms. The van der Waals surface area contributed by atoms with E-state index in [-0.39, 0.29) is 10.7 Å². The lowest BCUT2D eigenvalue weighted by molar-refractivity contribution is -0.122. The Labute approximate surface area is 186 Å². The fourth-order valence-electron chi connectivity index (χ4n) is 3.75. The topological polar surface area (TPSA) is 67.2 Å². The molecule has 3 heterocycles. The molecule has 7 heteroatoms. The van der Waals surface area contributed by atoms with E-state index in [9.17, 15) is 9.59 Å². The lowest BCUT2D eigenvalue weighted by Crippen LogP contribution is -2.54. The van der Waals surface area contributed by atoms with Gasteiger partial charge in [0.25, 0.3) is 11.8 Å². The summed E-state index contributed by atoms with van der Waals surface area (Å²) in [5, 5.41) is 2.72. The van der Waals surface area contributed by atoms with Crippen molar-refractivity contribution in [3.63, 3.8) is 0 Å². The summed E-state index contributed by atoms with van der Waals surface area (Å²) in [7, 11) is 0. The van der Waals surface area contributed by atoms with Crippen LogP contribution < -0.4 is 10.2 Å². The van der Waals surface area contributed by atoms with Crippen LogP contribution in [-0.2, 0) is 16.0 Å². The van der Waals surface area contributed by atoms with Gasteiger partial charge in [0.2, 0.25) is 0 Å². The Morgan fingerprint density at radius 1 is 1.10 bits per heavy atom. The predicted molar refractivity (Wildman–Crippen MR) is 125 cm³/mol. The van der Waals surface area contributed by atoms with Gasteiger partial charge in [0, 0.05) is 17.6 Å². The minimum atomic E-state index is -0.498. The number of amides is 2. The number of nitrogens with zero attached hydrogens (tertiary/aromatic N) is 3. The summed E-state index contributed by atoms with van der Waals surface area (Å²) >= 11 is 5.29. The molecule has 0 spiro atoms. The molecule has 1 fully saturated rings. The van der Waals surface area contributed by atoms with Crippen LogP contribution in [0.25, 0.3) is 11.8 Å². The fourth-order valence-corrected chi connectivity index (χ4v) is 4.03. The molecule has 3 aromatic rings. The molecule has 4 rings (SSSR count). The highest BCUT2D eigenvalue weighted by Gasteiger charge is 2.34. The molecule has 0 bridgehead atoms. The summed E-state index contributed by atoms with van der Waals surface area (Å²) in [5.41, 5.74) is 5.41. The second-order valence-corrected chi connectivity index (χ2v) is 7.74. The Morgan fingerprint density at radius 3 is 2.48 bits per heavy atom. The van der Waals surface area contributed by atoms with Crippen molar-refractivity contribution in [2.24, 2.45) is 0 Å². The lowest BCUT2D eigenvalue weighted by atomic mass is 10.1. The van der Waals surface area contributed by atoms with E-state index in [0.717, 1.165) is 34.6 Å². The smallest absolute Gasteiger partial charge is 0.270 e. The molecule has 0 aliphatic carbocycles. The molecule has 6 nitrogen and oxygen atoms in total. The van der Waals surface area contributed by atoms with Crippen molar-refractivity contribution in [3.05, 3.63) is 82.9 Å². The van der Waals surface area contributed by atoms with Crippen molar-refractivity contribution in [3.8, 4) is 5.69 Å². The lowest BCUT2D eigenvalue weighted by Gasteiger charge is -2.29. The predicted octanol–water partition coefficient (Wildman–Crippen LogP) is 3.88. The Kier molecular flexibility index (Phi) is 5.52. The van der Waals surface area contributed by atoms with Gasteiger partial charge in [-0.1, -0.05) is 19.1 Å². The number of carbonyl (C=O) groups is 2. The average Bonchev–Trinajstić information content (AvgIpc) is 3.05. The van der Waals surface area contributed by atoms with Gasteiger partial charge in [-0.05, 0) is 80.0 Å². The molecule has 1 saturated heterocycles. The van der Waals surface area contributed by atoms with Crippen LogP contribution in [0.2, 0.25) is 0 Å². The van der Waals surface area contributed by atoms with Crippen LogP contribution in [0.1, 0.15) is 29.4 Å². The number of aryl methyl sites for hydroxylation is 2. The van der Waals surface area contributed by atoms with Gasteiger partial charge in [0.1, 0.15) is 5.57 Å². The Bertz CT molecular complexity index is 1210. The van der Waals surface area contributed by atoms with Crippen molar-refractivity contribution in [1.82, 2.24) is 14.9 Å². The molecule has 1 aliphatic heterocycles. The van der Waals surface area contributed by atoms with Crippen molar-refractivity contribution in [2.45, 2.75) is 27.2 Å². The van der Waals surface area contributed by atoms with E-state index in [4.69, 9.17) is 12.2 Å². The third kappa shape index (κ3) is 3.80. The third-order valence-electron chi connectivity index (χ3n) is 5.38. The Hall–Kier alpha value is -3.58. The molecule has 0 unspecified atom stereocenters. The molecule has 2 amide bonds. The fraction of sp³-hybridized carbons (Fsp3) is 0.167. The van der Waals surface area contributed by atoms with Crippen LogP contribution in [0, 0.1) is 13.8 Å². The van der Waals surface area contributed by atoms with Crippen LogP contribution >= 0.6 is 12.2 Å². The maximum absolute atomic E-state index is 13.3. The van der Waals surface area contributed by atoms with Gasteiger partial charge in [0.15, 0.2) is 5.11 Å². The Balaban J connectivity index is 1.74. The second-order valence-electron chi connectivity index (χ2n) is 7.35. The van der Waals surface area contributed by atoms with Gasteiger partial charge >= 0.3 is 0 Å². The normalized spacial score (nSPS) is 15.5. The molecule has 0 atom stereocenters. The molecule has 156 valence electrons. The highest BCUT2D eigenvalue weighted by Crippen LogP contribution is 2.26. The number of pyridine rings is 1. The van der Waals surface area contributed by atoms with E-state index in [2.05, 4.69) is 17.2 Å². The average molecular weight is 431 g/mol. The molecular formula is C24H22N4O2S. The van der Waals surface area contributed by atoms with Gasteiger partial charge < -0.3 is 4.57 Å². The first-order valence-corrected chi connectivity index (χ1v) is 10.4. The number of thiocarbonyl (C=S) groups is 1. The maximum Gasteiger partial charge on any atom is 0.270 e. The highest BCUT2D eigenvalue weighted by molar-refractivity contribution is 7.80. The van der Waals surface area contributed by atoms with Crippen LogP contribution in [0.4, 0.5) is 5.69 Å². The van der Waals surface area contributed by atoms with Crippen molar-refractivity contribution < 1.29 is 9.59 Å². The number of anilines is 1. The number of hydrogen-bond acceptors (Lipinski definition) is 4. The van der Waals surface area contributed by atoms with E-state index in [1.807, 2.05) is 60.9 Å². The highest BCUT2D eigenvalue weighted by atomic mass is 32.1. The summed E-state index contributed by atoms with van der Waals surface area (Å²) in [6.07, 6.45) is 6.01. The summed E-state index contributed by atoms with van der Waals surface area (Å²) in [6, 6.07) is 13.4. The number of nitrogens with one attached hydrogen (secondary N) is 1. The Morgan fingerprint density at radius 2 is 1.84 bits per heavy atom. The van der Waals surface area contributed by atoms with Crippen molar-refractivity contribution >= 4 is 40.9 Å². The van der Waals surface area contributed by atoms with E-state index < -0.39 is 11.8 Å². The van der Waals surface area contributed by atoms with Crippen molar-refractivity contribution in [1.29, 1.82) is 0 Å². The van der Waals surface area contributed by atoms with Gasteiger partial charge in [-0.3, -0.25) is 24.8 Å². The summed E-state index contributed by atoms with van der Waals surface area (Å²) in [4.78, 5) is 31.5. The zero-order chi connectivity index (χ0) is 22.1. The van der Waals surface area contributed by atoms with Crippen LogP contribution in [0.15, 0.2) is 60.4 Å². The zero-order valence-corrected chi connectivity index (χ0v) is 18.4. The maximum atomic E-state index is 13.3. The van der Waals surface area contributed by atoms with Crippen LogP contribution in [0.3, 0.4) is 0 Å². The van der Waals surface area contributed by atoms with Crippen LogP contribution in [-0.4, -0.2) is 26.5 Å². The van der Waals surface area contributed by atoms with Gasteiger partial charge in [-0.2, -0.15) is 0 Å². The summed E-state index contributed by atoms with van der Waals surface area (Å²) in [5.74, 6) is -0.938. The third-order valence-corrected chi connectivity index (χ3v) is 5.66. The molecular weight excluding hydrogens is 408 g/mol. The quantitative estimate of drug-likeness (QED) is 0.388. The first-order valence-electron chi connectivity index (χ1n) is 10.0. The monoisotopic (exact) mass is 430 g/mol. The van der Waals surface area contributed by atoms with E-state index in [1.165, 1.54) is 4.90 Å². The first kappa shape index (κ1) is 20.7. The van der Waals surface area contributed by atoms with Crippen LogP contribution in [0.5, 0.6) is 0 Å². The number of aromatic nitrogens is 2. The number of carbonyl (C=O) groups excluding carboxylic acids is 2. The summed E-state index contributed by atoms with van der Waals surface area (Å²) in [6.45, 7) is 5.99. The van der Waals surface area contributed by atoms with Crippen molar-refractivity contribution in [2.75, 3.05) is 4.90 Å². The van der Waals surface area contributed by atoms with Gasteiger partial charge in [-0.25, -0.2) is 0 Å². The first-order chi connectivity index (χ1) is 14.9. The molecule has 1 aromatic carbocycles. The van der Waals surface area contributed by atoms with Gasteiger partial charge in [0.05, 0.1) is 17.6 Å². The van der Waals surface area contributed by atoms with E-state index >= 15 is 0 Å². The largest absolute Gasteiger partial charge is 0.316 e. The molecule has 1 N–H and O–H groups in total. The van der Waals surface area contributed by atoms with E-state index in [1.54, 1.807) is 18.5 Å². The van der Waals surface area contributed by atoms with Gasteiger partial charge in [-0.15, -0.1) is 0 Å². The standard InChI is InChI=1S/C24H22N4O2S/c1-4-17-7-9-19(10-8-17)28-23(30)21(22(29)26-24(28)31)13-18-12-15(2)27(16(18)3)20-6-5-11-25-14-20/h5-14H,4H2,1-3H3,(H,26,29,31)/b21-13-. The minimum absolute atomic E-state index is 0.0413. The molecule has 2 aromatic heterocycles. The molecule has 0 saturated carbocycles. The second kappa shape index (κ2) is 8.28. The SMILES string of the molecule is CCc1ccc(N2C(=O)/C(=C\c3cc(C)n(-c4cccnc4)c3C)C(=O)NC2=S)cc1. The zero-order valence-electron chi connectivity index (χ0n) is 17.5. The summed E-state index contributed by atoms with van der Waals surface area (Å²) < 4.78 is 2.04. The minimum Gasteiger partial charge on any atom is -0.316 e. The number of hydrogen-bond donors (Lipinski definition) is 1. The van der Waals surface area contributed by atoms with E-state index in [0.29, 0.717) is 5.69 Å². The molecule has 0 radical (unpaired) electrons. The number of rotatable bonds is 4. The molecule has 1 aliphatic rings. The number of benzene rings is 1.